The number of benzene rings is 1. The molecular formula is C21H27N5O2Si. The number of H-pyrrole nitrogens is 1. The minimum Gasteiger partial charge on any atom is -0.439 e. The van der Waals surface area contributed by atoms with Gasteiger partial charge in [0.2, 0.25) is 5.88 Å². The molecule has 7 nitrogen and oxygen atoms in total. The summed E-state index contributed by atoms with van der Waals surface area (Å²) in [6, 6.07) is 10.5. The van der Waals surface area contributed by atoms with Crippen LogP contribution in [0.2, 0.25) is 25.7 Å². The lowest BCUT2D eigenvalue weighted by atomic mass is 10.1. The van der Waals surface area contributed by atoms with E-state index in [4.69, 9.17) is 14.9 Å². The zero-order chi connectivity index (χ0) is 20.7. The molecule has 0 atom stereocenters. The highest BCUT2D eigenvalue weighted by Crippen LogP contribution is 2.23. The van der Waals surface area contributed by atoms with Crippen molar-refractivity contribution in [3.63, 3.8) is 0 Å². The number of aliphatic imine (C=N–C) groups is 1. The van der Waals surface area contributed by atoms with Crippen LogP contribution in [-0.4, -0.2) is 48.5 Å². The highest BCUT2D eigenvalue weighted by atomic mass is 28.3. The van der Waals surface area contributed by atoms with E-state index in [0.29, 0.717) is 24.8 Å². The first-order chi connectivity index (χ1) is 13.9. The van der Waals surface area contributed by atoms with Crippen LogP contribution in [0.15, 0.2) is 47.7 Å². The van der Waals surface area contributed by atoms with Gasteiger partial charge in [-0.25, -0.2) is 4.98 Å². The Hall–Kier alpha value is -2.84. The monoisotopic (exact) mass is 409 g/mol. The van der Waals surface area contributed by atoms with Gasteiger partial charge in [-0.2, -0.15) is 5.10 Å². The van der Waals surface area contributed by atoms with Gasteiger partial charge < -0.3 is 14.9 Å². The fraction of sp³-hybridized carbons (Fsp3) is 0.333. The molecule has 0 amide bonds. The molecule has 0 saturated carbocycles. The quantitative estimate of drug-likeness (QED) is 0.283. The van der Waals surface area contributed by atoms with Crippen molar-refractivity contribution < 1.29 is 9.47 Å². The van der Waals surface area contributed by atoms with E-state index in [9.17, 15) is 0 Å². The molecule has 1 aromatic carbocycles. The average Bonchev–Trinajstić information content (AvgIpc) is 3.14. The van der Waals surface area contributed by atoms with Gasteiger partial charge in [0, 0.05) is 50.5 Å². The first-order valence-electron chi connectivity index (χ1n) is 9.62. The summed E-state index contributed by atoms with van der Waals surface area (Å²) >= 11 is 0. The molecular weight excluding hydrogens is 382 g/mol. The molecule has 2 N–H and O–H groups in total. The van der Waals surface area contributed by atoms with E-state index < -0.39 is 8.07 Å². The Balaban J connectivity index is 1.62. The third-order valence-corrected chi connectivity index (χ3v) is 6.05. The fourth-order valence-electron chi connectivity index (χ4n) is 2.65. The molecule has 0 aliphatic rings. The van der Waals surface area contributed by atoms with Crippen molar-refractivity contribution >= 4 is 30.9 Å². The van der Waals surface area contributed by atoms with Gasteiger partial charge in [0.05, 0.1) is 17.4 Å². The molecule has 29 heavy (non-hydrogen) atoms. The lowest BCUT2D eigenvalue weighted by molar-refractivity contribution is 0.155. The molecule has 0 radical (unpaired) electrons. The first kappa shape index (κ1) is 20.9. The van der Waals surface area contributed by atoms with Crippen LogP contribution in [0, 0.1) is 5.41 Å². The summed E-state index contributed by atoms with van der Waals surface area (Å²) in [6.07, 6.45) is 5.25. The van der Waals surface area contributed by atoms with Crippen LogP contribution < -0.4 is 4.74 Å². The molecule has 152 valence electrons. The molecule has 0 saturated heterocycles. The molecule has 0 bridgehead atoms. The number of fused-ring (bicyclic) bond motifs is 1. The van der Waals surface area contributed by atoms with Crippen LogP contribution in [0.4, 0.5) is 0 Å². The maximum Gasteiger partial charge on any atom is 0.219 e. The maximum atomic E-state index is 7.43. The molecule has 0 fully saturated rings. The number of nitrogens with zero attached hydrogens (tertiary/aromatic N) is 3. The van der Waals surface area contributed by atoms with E-state index in [1.54, 1.807) is 18.5 Å². The molecule has 0 aliphatic carbocycles. The second-order valence-electron chi connectivity index (χ2n) is 7.97. The van der Waals surface area contributed by atoms with Crippen LogP contribution >= 0.6 is 0 Å². The third kappa shape index (κ3) is 6.33. The number of pyridine rings is 1. The molecule has 0 unspecified atom stereocenters. The van der Waals surface area contributed by atoms with Crippen molar-refractivity contribution in [2.24, 2.45) is 4.99 Å². The smallest absolute Gasteiger partial charge is 0.219 e. The van der Waals surface area contributed by atoms with Crippen LogP contribution in [0.25, 0.3) is 10.9 Å². The van der Waals surface area contributed by atoms with E-state index in [2.05, 4.69) is 39.8 Å². The van der Waals surface area contributed by atoms with Gasteiger partial charge in [0.15, 0.2) is 0 Å². The Bertz CT molecular complexity index is 977. The predicted molar refractivity (Wildman–Crippen MR) is 119 cm³/mol. The third-order valence-electron chi connectivity index (χ3n) is 4.34. The van der Waals surface area contributed by atoms with E-state index >= 15 is 0 Å². The van der Waals surface area contributed by atoms with Crippen molar-refractivity contribution in [2.45, 2.75) is 32.1 Å². The Kier molecular flexibility index (Phi) is 6.89. The molecule has 8 heteroatoms. The number of hydrogen-bond acceptors (Lipinski definition) is 6. The topological polar surface area (TPSA) is 96.2 Å². The summed E-state index contributed by atoms with van der Waals surface area (Å²) in [5.74, 6) is 1.19. The van der Waals surface area contributed by atoms with Crippen LogP contribution in [0.1, 0.15) is 12.0 Å². The predicted octanol–water partition coefficient (Wildman–Crippen LogP) is 4.89. The normalized spacial score (nSPS) is 12.3. The van der Waals surface area contributed by atoms with Crippen LogP contribution in [-0.2, 0) is 4.74 Å². The Morgan fingerprint density at radius 1 is 1.21 bits per heavy atom. The van der Waals surface area contributed by atoms with Crippen molar-refractivity contribution in [2.75, 3.05) is 13.3 Å². The Labute approximate surface area is 171 Å². The van der Waals surface area contributed by atoms with E-state index in [1.807, 2.05) is 24.3 Å². The van der Waals surface area contributed by atoms with Gasteiger partial charge in [-0.05, 0) is 30.3 Å². The zero-order valence-corrected chi connectivity index (χ0v) is 18.1. The van der Waals surface area contributed by atoms with Gasteiger partial charge in [-0.1, -0.05) is 19.6 Å². The second kappa shape index (κ2) is 9.57. The van der Waals surface area contributed by atoms with Crippen molar-refractivity contribution in [1.82, 2.24) is 15.2 Å². The van der Waals surface area contributed by atoms with Gasteiger partial charge in [0.1, 0.15) is 12.5 Å². The first-order valence-corrected chi connectivity index (χ1v) is 13.3. The molecule has 0 aliphatic heterocycles. The number of nitrogens with one attached hydrogen (secondary N) is 2. The SMILES string of the molecule is C[Si](C)(C)CCOCN=C(CC=N)c1ccc(Oc2ccc3[nH]ncc3c2)nc1. The summed E-state index contributed by atoms with van der Waals surface area (Å²) in [4.78, 5) is 8.90. The maximum absolute atomic E-state index is 7.43. The van der Waals surface area contributed by atoms with E-state index in [-0.39, 0.29) is 0 Å². The molecule has 3 aromatic rings. The number of rotatable bonds is 10. The van der Waals surface area contributed by atoms with Crippen molar-refractivity contribution in [1.29, 1.82) is 5.41 Å². The number of aromatic nitrogens is 3. The molecule has 2 aromatic heterocycles. The fourth-order valence-corrected chi connectivity index (χ4v) is 3.41. The molecule has 2 heterocycles. The number of aromatic amines is 1. The van der Waals surface area contributed by atoms with Gasteiger partial charge in [-0.15, -0.1) is 0 Å². The summed E-state index contributed by atoms with van der Waals surface area (Å²) in [5.41, 5.74) is 2.60. The summed E-state index contributed by atoms with van der Waals surface area (Å²) in [5, 5.41) is 15.3. The van der Waals surface area contributed by atoms with E-state index in [0.717, 1.165) is 34.8 Å². The summed E-state index contributed by atoms with van der Waals surface area (Å²) < 4.78 is 11.5. The lowest BCUT2D eigenvalue weighted by Crippen LogP contribution is -2.21. The van der Waals surface area contributed by atoms with Gasteiger partial charge in [0.25, 0.3) is 0 Å². The Morgan fingerprint density at radius 3 is 2.79 bits per heavy atom. The van der Waals surface area contributed by atoms with E-state index in [1.165, 1.54) is 6.21 Å². The average molecular weight is 410 g/mol. The largest absolute Gasteiger partial charge is 0.439 e. The van der Waals surface area contributed by atoms with Gasteiger partial charge in [-0.3, -0.25) is 10.1 Å². The minimum absolute atomic E-state index is 0.302. The standard InChI is InChI=1S/C21H27N5O2Si/c1-29(2,3)11-10-27-15-24-19(8-9-22)16-4-7-21(23-13-16)28-18-5-6-20-17(12-18)14-25-26-20/h4-7,9,12-14,22H,8,10-11,15H2,1-3H3,(H,25,26). The Morgan fingerprint density at radius 2 is 2.07 bits per heavy atom. The number of ether oxygens (including phenoxy) is 2. The molecule has 0 spiro atoms. The zero-order valence-electron chi connectivity index (χ0n) is 17.1. The summed E-state index contributed by atoms with van der Waals surface area (Å²) in [6.45, 7) is 7.99. The highest BCUT2D eigenvalue weighted by molar-refractivity contribution is 6.76. The lowest BCUT2D eigenvalue weighted by Gasteiger charge is -2.14. The second-order valence-corrected chi connectivity index (χ2v) is 13.6. The van der Waals surface area contributed by atoms with Gasteiger partial charge >= 0.3 is 0 Å². The highest BCUT2D eigenvalue weighted by Gasteiger charge is 2.12. The van der Waals surface area contributed by atoms with Crippen LogP contribution in [0.5, 0.6) is 11.6 Å². The van der Waals surface area contributed by atoms with Crippen molar-refractivity contribution in [3.05, 3.63) is 48.3 Å². The van der Waals surface area contributed by atoms with Crippen molar-refractivity contribution in [3.8, 4) is 11.6 Å². The minimum atomic E-state index is -1.10. The van der Waals surface area contributed by atoms with Crippen LogP contribution in [0.3, 0.4) is 0 Å². The molecule has 3 rings (SSSR count). The summed E-state index contributed by atoms with van der Waals surface area (Å²) in [7, 11) is -1.10. The number of hydrogen-bond donors (Lipinski definition) is 2.